The van der Waals surface area contributed by atoms with Crippen LogP contribution in [0.1, 0.15) is 38.5 Å². The van der Waals surface area contributed by atoms with E-state index in [2.05, 4.69) is 42.5 Å². The molecule has 0 bridgehead atoms. The molecular weight excluding hydrogens is 284 g/mol. The number of halogens is 1. The predicted octanol–water partition coefficient (Wildman–Crippen LogP) is 6.51. The highest BCUT2D eigenvalue weighted by Crippen LogP contribution is 2.24. The van der Waals surface area contributed by atoms with E-state index in [1.807, 2.05) is 11.8 Å². The SMILES string of the molecule is ClCCCCCCCCSc1ccc2ccccc2c1. The Balaban J connectivity index is 1.65. The van der Waals surface area contributed by atoms with Crippen LogP contribution in [0, 0.1) is 0 Å². The first-order valence-electron chi connectivity index (χ1n) is 7.58. The molecule has 0 N–H and O–H groups in total. The summed E-state index contributed by atoms with van der Waals surface area (Å²) in [5, 5.41) is 2.68. The van der Waals surface area contributed by atoms with E-state index in [1.165, 1.54) is 59.9 Å². The molecule has 0 aliphatic carbocycles. The van der Waals surface area contributed by atoms with Gasteiger partial charge < -0.3 is 0 Å². The molecule has 0 unspecified atom stereocenters. The van der Waals surface area contributed by atoms with E-state index in [0.717, 1.165) is 5.88 Å². The van der Waals surface area contributed by atoms with Crippen LogP contribution >= 0.6 is 23.4 Å². The number of hydrogen-bond acceptors (Lipinski definition) is 1. The Bertz CT molecular complexity index is 509. The Morgan fingerprint density at radius 3 is 2.25 bits per heavy atom. The molecule has 2 aromatic carbocycles. The topological polar surface area (TPSA) is 0 Å². The Morgan fingerprint density at radius 2 is 1.45 bits per heavy atom. The number of benzene rings is 2. The van der Waals surface area contributed by atoms with Crippen molar-refractivity contribution in [3.05, 3.63) is 42.5 Å². The fraction of sp³-hybridized carbons (Fsp3) is 0.444. The summed E-state index contributed by atoms with van der Waals surface area (Å²) in [5.41, 5.74) is 0. The first kappa shape index (κ1) is 15.7. The summed E-state index contributed by atoms with van der Waals surface area (Å²) in [6.45, 7) is 0. The molecule has 2 rings (SSSR count). The first-order valence-corrected chi connectivity index (χ1v) is 9.10. The summed E-state index contributed by atoms with van der Waals surface area (Å²) in [6, 6.07) is 15.3. The molecule has 108 valence electrons. The maximum Gasteiger partial charge on any atom is 0.0223 e. The van der Waals surface area contributed by atoms with Crippen molar-refractivity contribution in [3.63, 3.8) is 0 Å². The van der Waals surface area contributed by atoms with Crippen molar-refractivity contribution in [2.75, 3.05) is 11.6 Å². The molecule has 2 heteroatoms. The van der Waals surface area contributed by atoms with Gasteiger partial charge in [-0.05, 0) is 41.5 Å². The Morgan fingerprint density at radius 1 is 0.750 bits per heavy atom. The van der Waals surface area contributed by atoms with Crippen LogP contribution in [0.25, 0.3) is 10.8 Å². The number of rotatable bonds is 9. The van der Waals surface area contributed by atoms with E-state index in [-0.39, 0.29) is 0 Å². The van der Waals surface area contributed by atoms with Gasteiger partial charge in [0.2, 0.25) is 0 Å². The van der Waals surface area contributed by atoms with Crippen molar-refractivity contribution in [3.8, 4) is 0 Å². The third-order valence-electron chi connectivity index (χ3n) is 3.52. The zero-order valence-corrected chi connectivity index (χ0v) is 13.6. The highest BCUT2D eigenvalue weighted by atomic mass is 35.5. The van der Waals surface area contributed by atoms with Crippen LogP contribution in [0.2, 0.25) is 0 Å². The molecule has 20 heavy (non-hydrogen) atoms. The van der Waals surface area contributed by atoms with Gasteiger partial charge in [0.15, 0.2) is 0 Å². The largest absolute Gasteiger partial charge is 0.127 e. The Kier molecular flexibility index (Phi) is 7.32. The van der Waals surface area contributed by atoms with E-state index in [9.17, 15) is 0 Å². The van der Waals surface area contributed by atoms with Gasteiger partial charge in [-0.1, -0.05) is 56.0 Å². The number of thioether (sulfide) groups is 1. The minimum Gasteiger partial charge on any atom is -0.127 e. The molecule has 0 aliphatic rings. The summed E-state index contributed by atoms with van der Waals surface area (Å²) < 4.78 is 0. The maximum absolute atomic E-state index is 5.67. The molecule has 0 nitrogen and oxygen atoms in total. The summed E-state index contributed by atoms with van der Waals surface area (Å²) in [7, 11) is 0. The highest BCUT2D eigenvalue weighted by molar-refractivity contribution is 7.99. The third kappa shape index (κ3) is 5.38. The molecule has 2 aromatic rings. The van der Waals surface area contributed by atoms with E-state index in [0.29, 0.717) is 0 Å². The van der Waals surface area contributed by atoms with Crippen LogP contribution in [-0.2, 0) is 0 Å². The second kappa shape index (κ2) is 9.31. The van der Waals surface area contributed by atoms with Crippen molar-refractivity contribution in [1.82, 2.24) is 0 Å². The summed E-state index contributed by atoms with van der Waals surface area (Å²) in [5.74, 6) is 2.05. The lowest BCUT2D eigenvalue weighted by Crippen LogP contribution is -1.84. The zero-order chi connectivity index (χ0) is 14.0. The quantitative estimate of drug-likeness (QED) is 0.289. The maximum atomic E-state index is 5.67. The van der Waals surface area contributed by atoms with Crippen LogP contribution in [-0.4, -0.2) is 11.6 Å². The fourth-order valence-electron chi connectivity index (χ4n) is 2.35. The first-order chi connectivity index (χ1) is 9.90. The van der Waals surface area contributed by atoms with Gasteiger partial charge >= 0.3 is 0 Å². The van der Waals surface area contributed by atoms with Gasteiger partial charge in [-0.2, -0.15) is 0 Å². The summed E-state index contributed by atoms with van der Waals surface area (Å²) in [6.07, 6.45) is 7.83. The fourth-order valence-corrected chi connectivity index (χ4v) is 3.50. The van der Waals surface area contributed by atoms with Gasteiger partial charge in [-0.3, -0.25) is 0 Å². The Labute approximate surface area is 131 Å². The van der Waals surface area contributed by atoms with E-state index < -0.39 is 0 Å². The second-order valence-corrected chi connectivity index (χ2v) is 6.71. The normalized spacial score (nSPS) is 11.1. The molecule has 0 aromatic heterocycles. The minimum atomic E-state index is 0.817. The molecule has 0 aliphatic heterocycles. The number of hydrogen-bond donors (Lipinski definition) is 0. The number of fused-ring (bicyclic) bond motifs is 1. The van der Waals surface area contributed by atoms with Crippen LogP contribution in [0.5, 0.6) is 0 Å². The van der Waals surface area contributed by atoms with Crippen molar-refractivity contribution in [2.45, 2.75) is 43.4 Å². The molecule has 0 amide bonds. The predicted molar refractivity (Wildman–Crippen MR) is 93.1 cm³/mol. The molecule has 0 spiro atoms. The molecular formula is C18H23ClS. The van der Waals surface area contributed by atoms with Gasteiger partial charge in [0.1, 0.15) is 0 Å². The molecule has 0 radical (unpaired) electrons. The summed E-state index contributed by atoms with van der Waals surface area (Å²) in [4.78, 5) is 1.39. The monoisotopic (exact) mass is 306 g/mol. The van der Waals surface area contributed by atoms with Crippen LogP contribution in [0.15, 0.2) is 47.4 Å². The van der Waals surface area contributed by atoms with Crippen LogP contribution in [0.4, 0.5) is 0 Å². The summed E-state index contributed by atoms with van der Waals surface area (Å²) >= 11 is 7.65. The zero-order valence-electron chi connectivity index (χ0n) is 12.0. The van der Waals surface area contributed by atoms with E-state index in [1.54, 1.807) is 0 Å². The van der Waals surface area contributed by atoms with Crippen molar-refractivity contribution >= 4 is 34.1 Å². The number of alkyl halides is 1. The van der Waals surface area contributed by atoms with Gasteiger partial charge in [0.25, 0.3) is 0 Å². The van der Waals surface area contributed by atoms with Crippen molar-refractivity contribution in [1.29, 1.82) is 0 Å². The molecule has 0 saturated heterocycles. The van der Waals surface area contributed by atoms with Crippen molar-refractivity contribution in [2.24, 2.45) is 0 Å². The lowest BCUT2D eigenvalue weighted by atomic mass is 10.1. The van der Waals surface area contributed by atoms with E-state index in [4.69, 9.17) is 11.6 Å². The molecule has 0 saturated carbocycles. The molecule has 0 atom stereocenters. The Hall–Kier alpha value is -0.660. The van der Waals surface area contributed by atoms with Crippen LogP contribution < -0.4 is 0 Å². The lowest BCUT2D eigenvalue weighted by Gasteiger charge is -2.04. The van der Waals surface area contributed by atoms with Gasteiger partial charge in [0.05, 0.1) is 0 Å². The molecule has 0 fully saturated rings. The average Bonchev–Trinajstić information content (AvgIpc) is 2.50. The number of unbranched alkanes of at least 4 members (excludes halogenated alkanes) is 5. The smallest absolute Gasteiger partial charge is 0.0223 e. The minimum absolute atomic E-state index is 0.817. The third-order valence-corrected chi connectivity index (χ3v) is 4.86. The van der Waals surface area contributed by atoms with Gasteiger partial charge in [-0.15, -0.1) is 23.4 Å². The van der Waals surface area contributed by atoms with E-state index >= 15 is 0 Å². The molecule has 0 heterocycles. The van der Waals surface area contributed by atoms with Gasteiger partial charge in [0, 0.05) is 10.8 Å². The standard InChI is InChI=1S/C18H23ClS/c19-13-7-3-1-2-4-8-14-20-18-12-11-16-9-5-6-10-17(16)15-18/h5-6,9-12,15H,1-4,7-8,13-14H2. The van der Waals surface area contributed by atoms with Crippen molar-refractivity contribution < 1.29 is 0 Å². The van der Waals surface area contributed by atoms with Crippen LogP contribution in [0.3, 0.4) is 0 Å². The lowest BCUT2D eigenvalue weighted by molar-refractivity contribution is 0.628. The highest BCUT2D eigenvalue weighted by Gasteiger charge is 1.97. The average molecular weight is 307 g/mol. The second-order valence-electron chi connectivity index (χ2n) is 5.17. The van der Waals surface area contributed by atoms with Gasteiger partial charge in [-0.25, -0.2) is 0 Å².